The van der Waals surface area contributed by atoms with E-state index in [1.54, 1.807) is 30.3 Å². The molecular formula is C15H14ClNO2. The third-order valence-electron chi connectivity index (χ3n) is 2.81. The molecule has 0 saturated heterocycles. The van der Waals surface area contributed by atoms with Gasteiger partial charge in [0.2, 0.25) is 0 Å². The molecule has 0 atom stereocenters. The second-order valence-corrected chi connectivity index (χ2v) is 4.62. The van der Waals surface area contributed by atoms with E-state index in [0.29, 0.717) is 22.0 Å². The number of carbonyl (C=O) groups excluding carboxylic acids is 1. The molecular weight excluding hydrogens is 262 g/mol. The zero-order valence-electron chi connectivity index (χ0n) is 10.5. The van der Waals surface area contributed by atoms with Gasteiger partial charge in [-0.3, -0.25) is 4.79 Å². The van der Waals surface area contributed by atoms with Crippen LogP contribution in [0.5, 0.6) is 5.75 Å². The van der Waals surface area contributed by atoms with Gasteiger partial charge in [0.15, 0.2) is 5.78 Å². The minimum atomic E-state index is -0.0379. The first-order chi connectivity index (χ1) is 9.10. The molecule has 0 radical (unpaired) electrons. The molecule has 0 aliphatic heterocycles. The van der Waals surface area contributed by atoms with Crippen LogP contribution in [0.3, 0.4) is 0 Å². The molecule has 0 bridgehead atoms. The Bertz CT molecular complexity index is 594. The van der Waals surface area contributed by atoms with E-state index in [2.05, 4.69) is 0 Å². The molecule has 19 heavy (non-hydrogen) atoms. The molecule has 2 rings (SSSR count). The molecule has 3 nitrogen and oxygen atoms in total. The van der Waals surface area contributed by atoms with Gasteiger partial charge in [0.25, 0.3) is 0 Å². The van der Waals surface area contributed by atoms with Crippen LogP contribution in [0, 0.1) is 0 Å². The Kier molecular flexibility index (Phi) is 4.07. The van der Waals surface area contributed by atoms with Gasteiger partial charge in [0.05, 0.1) is 12.7 Å². The summed E-state index contributed by atoms with van der Waals surface area (Å²) in [5.74, 6) is 0.494. The van der Waals surface area contributed by atoms with Crippen LogP contribution in [0.1, 0.15) is 15.9 Å². The van der Waals surface area contributed by atoms with E-state index in [0.717, 1.165) is 5.56 Å². The lowest BCUT2D eigenvalue weighted by Crippen LogP contribution is -2.06. The van der Waals surface area contributed by atoms with Crippen LogP contribution < -0.4 is 10.5 Å². The standard InChI is InChI=1S/C15H14ClNO2/c1-19-15-7-4-11(16)9-13(15)14(18)8-10-2-5-12(17)6-3-10/h2-7,9H,8,17H2,1H3. The van der Waals surface area contributed by atoms with Crippen molar-refractivity contribution in [2.75, 3.05) is 12.8 Å². The molecule has 0 aliphatic carbocycles. The Morgan fingerprint density at radius 1 is 1.21 bits per heavy atom. The van der Waals surface area contributed by atoms with Crippen LogP contribution in [0.2, 0.25) is 5.02 Å². The number of benzene rings is 2. The van der Waals surface area contributed by atoms with Gasteiger partial charge in [-0.15, -0.1) is 0 Å². The molecule has 4 heteroatoms. The number of ether oxygens (including phenoxy) is 1. The normalized spacial score (nSPS) is 10.2. The molecule has 0 amide bonds. The number of nitrogen functional groups attached to an aromatic ring is 1. The van der Waals surface area contributed by atoms with E-state index in [9.17, 15) is 4.79 Å². The minimum absolute atomic E-state index is 0.0379. The molecule has 2 aromatic carbocycles. The highest BCUT2D eigenvalue weighted by atomic mass is 35.5. The van der Waals surface area contributed by atoms with Gasteiger partial charge in [-0.25, -0.2) is 0 Å². The van der Waals surface area contributed by atoms with Crippen molar-refractivity contribution in [1.82, 2.24) is 0 Å². The average Bonchev–Trinajstić information content (AvgIpc) is 2.41. The summed E-state index contributed by atoms with van der Waals surface area (Å²) < 4.78 is 5.18. The summed E-state index contributed by atoms with van der Waals surface area (Å²) in [7, 11) is 1.53. The van der Waals surface area contributed by atoms with Gasteiger partial charge in [-0.1, -0.05) is 23.7 Å². The molecule has 0 unspecified atom stereocenters. The number of ketones is 1. The fourth-order valence-electron chi connectivity index (χ4n) is 1.81. The fourth-order valence-corrected chi connectivity index (χ4v) is 1.99. The summed E-state index contributed by atoms with van der Waals surface area (Å²) in [6.45, 7) is 0. The van der Waals surface area contributed by atoms with E-state index in [4.69, 9.17) is 22.1 Å². The van der Waals surface area contributed by atoms with Gasteiger partial charge in [0, 0.05) is 17.1 Å². The maximum atomic E-state index is 12.3. The van der Waals surface area contributed by atoms with E-state index in [1.807, 2.05) is 12.1 Å². The van der Waals surface area contributed by atoms with Crippen molar-refractivity contribution in [2.45, 2.75) is 6.42 Å². The van der Waals surface area contributed by atoms with Gasteiger partial charge < -0.3 is 10.5 Å². The zero-order chi connectivity index (χ0) is 13.8. The first kappa shape index (κ1) is 13.4. The molecule has 0 fully saturated rings. The van der Waals surface area contributed by atoms with Crippen LogP contribution in [-0.2, 0) is 6.42 Å². The van der Waals surface area contributed by atoms with Crippen molar-refractivity contribution >= 4 is 23.1 Å². The Morgan fingerprint density at radius 2 is 1.89 bits per heavy atom. The predicted octanol–water partition coefficient (Wildman–Crippen LogP) is 3.36. The lowest BCUT2D eigenvalue weighted by atomic mass is 10.0. The van der Waals surface area contributed by atoms with Crippen LogP contribution in [0.4, 0.5) is 5.69 Å². The van der Waals surface area contributed by atoms with Crippen molar-refractivity contribution in [2.24, 2.45) is 0 Å². The minimum Gasteiger partial charge on any atom is -0.496 e. The number of Topliss-reactive ketones (excluding diaryl/α,β-unsaturated/α-hetero) is 1. The summed E-state index contributed by atoms with van der Waals surface area (Å²) in [5, 5.41) is 0.515. The number of nitrogens with two attached hydrogens (primary N) is 1. The number of carbonyl (C=O) groups is 1. The third kappa shape index (κ3) is 3.26. The first-order valence-electron chi connectivity index (χ1n) is 5.81. The molecule has 2 N–H and O–H groups in total. The maximum absolute atomic E-state index is 12.3. The van der Waals surface area contributed by atoms with E-state index >= 15 is 0 Å². The summed E-state index contributed by atoms with van der Waals surface area (Å²) in [4.78, 5) is 12.3. The largest absolute Gasteiger partial charge is 0.496 e. The Balaban J connectivity index is 2.24. The predicted molar refractivity (Wildman–Crippen MR) is 76.9 cm³/mol. The number of methoxy groups -OCH3 is 1. The second-order valence-electron chi connectivity index (χ2n) is 4.19. The molecule has 0 saturated carbocycles. The molecule has 0 heterocycles. The number of rotatable bonds is 4. The molecule has 2 aromatic rings. The van der Waals surface area contributed by atoms with Crippen molar-refractivity contribution in [3.8, 4) is 5.75 Å². The maximum Gasteiger partial charge on any atom is 0.171 e. The van der Waals surface area contributed by atoms with Crippen LogP contribution in [0.25, 0.3) is 0 Å². The number of hydrogen-bond acceptors (Lipinski definition) is 3. The summed E-state index contributed by atoms with van der Waals surface area (Å²) in [6, 6.07) is 12.2. The quantitative estimate of drug-likeness (QED) is 0.688. The van der Waals surface area contributed by atoms with Gasteiger partial charge in [0.1, 0.15) is 5.75 Å². The lowest BCUT2D eigenvalue weighted by molar-refractivity contribution is 0.0990. The average molecular weight is 276 g/mol. The van der Waals surface area contributed by atoms with Crippen LogP contribution >= 0.6 is 11.6 Å². The van der Waals surface area contributed by atoms with Gasteiger partial charge in [-0.05, 0) is 35.9 Å². The number of hydrogen-bond donors (Lipinski definition) is 1. The number of anilines is 1. The summed E-state index contributed by atoms with van der Waals surface area (Å²) in [6.07, 6.45) is 0.289. The molecule has 0 spiro atoms. The van der Waals surface area contributed by atoms with Crippen molar-refractivity contribution in [1.29, 1.82) is 0 Å². The topological polar surface area (TPSA) is 52.3 Å². The monoisotopic (exact) mass is 275 g/mol. The van der Waals surface area contributed by atoms with Gasteiger partial charge >= 0.3 is 0 Å². The smallest absolute Gasteiger partial charge is 0.171 e. The first-order valence-corrected chi connectivity index (χ1v) is 6.19. The highest BCUT2D eigenvalue weighted by Crippen LogP contribution is 2.24. The van der Waals surface area contributed by atoms with E-state index in [-0.39, 0.29) is 12.2 Å². The van der Waals surface area contributed by atoms with E-state index < -0.39 is 0 Å². The van der Waals surface area contributed by atoms with Crippen LogP contribution in [-0.4, -0.2) is 12.9 Å². The zero-order valence-corrected chi connectivity index (χ0v) is 11.3. The highest BCUT2D eigenvalue weighted by Gasteiger charge is 2.13. The van der Waals surface area contributed by atoms with Crippen molar-refractivity contribution < 1.29 is 9.53 Å². The Hall–Kier alpha value is -2.00. The van der Waals surface area contributed by atoms with Crippen molar-refractivity contribution in [3.05, 3.63) is 58.6 Å². The highest BCUT2D eigenvalue weighted by molar-refractivity contribution is 6.31. The van der Waals surface area contributed by atoms with Crippen LogP contribution in [0.15, 0.2) is 42.5 Å². The fraction of sp³-hybridized carbons (Fsp3) is 0.133. The summed E-state index contributed by atoms with van der Waals surface area (Å²) in [5.41, 5.74) is 7.69. The number of halogens is 1. The molecule has 0 aromatic heterocycles. The Labute approximate surface area is 117 Å². The second kappa shape index (κ2) is 5.76. The van der Waals surface area contributed by atoms with E-state index in [1.165, 1.54) is 7.11 Å². The summed E-state index contributed by atoms with van der Waals surface area (Å²) >= 11 is 5.92. The Morgan fingerprint density at radius 3 is 2.53 bits per heavy atom. The van der Waals surface area contributed by atoms with Gasteiger partial charge in [-0.2, -0.15) is 0 Å². The molecule has 0 aliphatic rings. The third-order valence-corrected chi connectivity index (χ3v) is 3.04. The SMILES string of the molecule is COc1ccc(Cl)cc1C(=O)Cc1ccc(N)cc1. The lowest BCUT2D eigenvalue weighted by Gasteiger charge is -2.08. The molecule has 98 valence electrons. The van der Waals surface area contributed by atoms with Crippen molar-refractivity contribution in [3.63, 3.8) is 0 Å².